The summed E-state index contributed by atoms with van der Waals surface area (Å²) in [6.45, 7) is 1.94. The zero-order valence-electron chi connectivity index (χ0n) is 11.0. The number of azo groups is 1. The van der Waals surface area contributed by atoms with Gasteiger partial charge >= 0.3 is 0 Å². The van der Waals surface area contributed by atoms with Crippen LogP contribution in [0.5, 0.6) is 0 Å². The van der Waals surface area contributed by atoms with Crippen LogP contribution in [0.2, 0.25) is 15.1 Å². The van der Waals surface area contributed by atoms with Crippen LogP contribution in [-0.2, 0) is 0 Å². The van der Waals surface area contributed by atoms with Crippen molar-refractivity contribution in [1.29, 1.82) is 0 Å². The summed E-state index contributed by atoms with van der Waals surface area (Å²) in [6, 6.07) is 11.1. The van der Waals surface area contributed by atoms with E-state index in [0.29, 0.717) is 20.8 Å². The number of aromatic nitrogens is 1. The molecular weight excluding hydrogens is 329 g/mol. The molecule has 3 aromatic rings. The molecule has 3 rings (SSSR count). The maximum absolute atomic E-state index is 6.10. The van der Waals surface area contributed by atoms with Crippen molar-refractivity contribution in [2.45, 2.75) is 6.92 Å². The fourth-order valence-electron chi connectivity index (χ4n) is 2.12. The summed E-state index contributed by atoms with van der Waals surface area (Å²) in [5, 5.41) is 10.7. The van der Waals surface area contributed by atoms with E-state index in [2.05, 4.69) is 15.2 Å². The normalized spacial score (nSPS) is 11.6. The summed E-state index contributed by atoms with van der Waals surface area (Å²) in [6.07, 6.45) is 0. The van der Waals surface area contributed by atoms with Gasteiger partial charge in [0.25, 0.3) is 0 Å². The Morgan fingerprint density at radius 3 is 2.24 bits per heavy atom. The van der Waals surface area contributed by atoms with E-state index in [4.69, 9.17) is 34.8 Å². The summed E-state index contributed by atoms with van der Waals surface area (Å²) >= 11 is 18.1. The minimum atomic E-state index is 0.369. The molecule has 1 heterocycles. The minimum absolute atomic E-state index is 0.369. The molecule has 0 bridgehead atoms. The van der Waals surface area contributed by atoms with Crippen LogP contribution >= 0.6 is 34.8 Å². The monoisotopic (exact) mass is 337 g/mol. The summed E-state index contributed by atoms with van der Waals surface area (Å²) in [4.78, 5) is 3.26. The number of aryl methyl sites for hydroxylation is 1. The Morgan fingerprint density at radius 1 is 0.905 bits per heavy atom. The average molecular weight is 339 g/mol. The van der Waals surface area contributed by atoms with E-state index in [1.165, 1.54) is 0 Å². The Bertz CT molecular complexity index is 829. The highest BCUT2D eigenvalue weighted by molar-refractivity contribution is 6.41. The molecule has 0 aliphatic heterocycles. The van der Waals surface area contributed by atoms with Gasteiger partial charge in [0.05, 0.1) is 10.0 Å². The second-order valence-corrected chi connectivity index (χ2v) is 5.81. The van der Waals surface area contributed by atoms with Gasteiger partial charge in [0.15, 0.2) is 0 Å². The van der Waals surface area contributed by atoms with Gasteiger partial charge in [-0.2, -0.15) is 0 Å². The Balaban J connectivity index is 2.08. The zero-order valence-corrected chi connectivity index (χ0v) is 13.3. The van der Waals surface area contributed by atoms with Gasteiger partial charge in [0, 0.05) is 21.6 Å². The molecule has 0 spiro atoms. The summed E-state index contributed by atoms with van der Waals surface area (Å²) < 4.78 is 0. The lowest BCUT2D eigenvalue weighted by Crippen LogP contribution is -1.73. The lowest BCUT2D eigenvalue weighted by atomic mass is 10.2. The summed E-state index contributed by atoms with van der Waals surface area (Å²) in [5.74, 6) is 0. The maximum atomic E-state index is 6.10. The Morgan fingerprint density at radius 2 is 1.52 bits per heavy atom. The average Bonchev–Trinajstić information content (AvgIpc) is 2.73. The second kappa shape index (κ2) is 5.68. The number of fused-ring (bicyclic) bond motifs is 1. The molecule has 0 fully saturated rings. The third-order valence-electron chi connectivity index (χ3n) is 3.09. The fraction of sp³-hybridized carbons (Fsp3) is 0.0667. The van der Waals surface area contributed by atoms with Gasteiger partial charge in [0.1, 0.15) is 11.4 Å². The molecule has 0 aliphatic rings. The van der Waals surface area contributed by atoms with Crippen molar-refractivity contribution in [3.8, 4) is 0 Å². The number of nitrogens with one attached hydrogen (secondary N) is 1. The zero-order chi connectivity index (χ0) is 15.0. The van der Waals surface area contributed by atoms with Crippen molar-refractivity contribution in [3.05, 3.63) is 57.2 Å². The predicted molar refractivity (Wildman–Crippen MR) is 88.7 cm³/mol. The first-order valence-electron chi connectivity index (χ1n) is 6.20. The van der Waals surface area contributed by atoms with Crippen LogP contribution < -0.4 is 0 Å². The molecule has 0 atom stereocenters. The first-order chi connectivity index (χ1) is 10.1. The van der Waals surface area contributed by atoms with Crippen LogP contribution in [0.15, 0.2) is 46.6 Å². The van der Waals surface area contributed by atoms with Gasteiger partial charge in [-0.1, -0.05) is 53.0 Å². The van der Waals surface area contributed by atoms with Gasteiger partial charge in [-0.05, 0) is 25.1 Å². The first-order valence-corrected chi connectivity index (χ1v) is 7.33. The molecule has 0 saturated carbocycles. The molecule has 0 amide bonds. The molecule has 21 heavy (non-hydrogen) atoms. The maximum Gasteiger partial charge on any atom is 0.123 e. The van der Waals surface area contributed by atoms with Gasteiger partial charge in [-0.3, -0.25) is 0 Å². The van der Waals surface area contributed by atoms with E-state index in [-0.39, 0.29) is 0 Å². The molecule has 2 aromatic carbocycles. The van der Waals surface area contributed by atoms with Crippen LogP contribution in [0.1, 0.15) is 5.69 Å². The van der Waals surface area contributed by atoms with Crippen molar-refractivity contribution >= 4 is 57.1 Å². The lowest BCUT2D eigenvalue weighted by Gasteiger charge is -2.01. The van der Waals surface area contributed by atoms with Crippen LogP contribution in [0.4, 0.5) is 11.4 Å². The quantitative estimate of drug-likeness (QED) is 0.496. The number of nitrogens with zero attached hydrogens (tertiary/aromatic N) is 2. The number of rotatable bonds is 2. The molecule has 0 saturated heterocycles. The van der Waals surface area contributed by atoms with Crippen molar-refractivity contribution in [2.75, 3.05) is 0 Å². The second-order valence-electron chi connectivity index (χ2n) is 4.56. The highest BCUT2D eigenvalue weighted by Crippen LogP contribution is 2.38. The van der Waals surface area contributed by atoms with Gasteiger partial charge in [0.2, 0.25) is 0 Å². The molecular formula is C15H10Cl3N3. The number of para-hydroxylation sites is 1. The van der Waals surface area contributed by atoms with E-state index in [0.717, 1.165) is 22.3 Å². The van der Waals surface area contributed by atoms with Crippen LogP contribution in [0.3, 0.4) is 0 Å². The van der Waals surface area contributed by atoms with Crippen molar-refractivity contribution in [3.63, 3.8) is 0 Å². The highest BCUT2D eigenvalue weighted by Gasteiger charge is 2.10. The Labute approximate surface area is 136 Å². The van der Waals surface area contributed by atoms with E-state index in [9.17, 15) is 0 Å². The third-order valence-corrected chi connectivity index (χ3v) is 3.89. The smallest absolute Gasteiger partial charge is 0.123 e. The molecule has 106 valence electrons. The number of benzene rings is 2. The third kappa shape index (κ3) is 2.77. The van der Waals surface area contributed by atoms with Crippen LogP contribution in [0, 0.1) is 6.92 Å². The molecule has 1 aromatic heterocycles. The number of H-pyrrole nitrogens is 1. The molecule has 0 aliphatic carbocycles. The van der Waals surface area contributed by atoms with Crippen LogP contribution in [-0.4, -0.2) is 4.98 Å². The molecule has 0 unspecified atom stereocenters. The number of hydrogen-bond acceptors (Lipinski definition) is 2. The van der Waals surface area contributed by atoms with E-state index < -0.39 is 0 Å². The Kier molecular flexibility index (Phi) is 3.89. The first kappa shape index (κ1) is 14.4. The van der Waals surface area contributed by atoms with E-state index >= 15 is 0 Å². The van der Waals surface area contributed by atoms with Gasteiger partial charge in [-0.25, -0.2) is 0 Å². The van der Waals surface area contributed by atoms with Crippen molar-refractivity contribution < 1.29 is 0 Å². The topological polar surface area (TPSA) is 40.5 Å². The molecule has 3 nitrogen and oxygen atoms in total. The van der Waals surface area contributed by atoms with Crippen molar-refractivity contribution in [1.82, 2.24) is 4.98 Å². The van der Waals surface area contributed by atoms with Gasteiger partial charge < -0.3 is 4.98 Å². The summed E-state index contributed by atoms with van der Waals surface area (Å²) in [7, 11) is 0. The van der Waals surface area contributed by atoms with E-state index in [1.807, 2.05) is 31.2 Å². The summed E-state index contributed by atoms with van der Waals surface area (Å²) in [5.41, 5.74) is 3.12. The van der Waals surface area contributed by atoms with Crippen molar-refractivity contribution in [2.24, 2.45) is 10.2 Å². The number of aromatic amines is 1. The standard InChI is InChI=1S/C15H10Cl3N3/c1-8-14(10-4-2-3-5-13(10)19-8)20-21-15-11(17)6-9(16)7-12(15)18/h2-7,19H,1H3. The molecule has 6 heteroatoms. The van der Waals surface area contributed by atoms with Gasteiger partial charge in [-0.15, -0.1) is 10.2 Å². The molecule has 0 radical (unpaired) electrons. The largest absolute Gasteiger partial charge is 0.357 e. The Hall–Kier alpha value is -1.55. The number of hydrogen-bond donors (Lipinski definition) is 1. The SMILES string of the molecule is Cc1[nH]c2ccccc2c1N=Nc1c(Cl)cc(Cl)cc1Cl. The minimum Gasteiger partial charge on any atom is -0.357 e. The molecule has 1 N–H and O–H groups in total. The fourth-order valence-corrected chi connectivity index (χ4v) is 3.01. The lowest BCUT2D eigenvalue weighted by molar-refractivity contribution is 1.20. The number of halogens is 3. The van der Waals surface area contributed by atoms with E-state index in [1.54, 1.807) is 12.1 Å². The predicted octanol–water partition coefficient (Wildman–Crippen LogP) is 6.85. The van der Waals surface area contributed by atoms with Crippen LogP contribution in [0.25, 0.3) is 10.9 Å². The highest BCUT2D eigenvalue weighted by atomic mass is 35.5.